The third-order valence-corrected chi connectivity index (χ3v) is 6.75. The van der Waals surface area contributed by atoms with Gasteiger partial charge in [0.25, 0.3) is 15.9 Å². The van der Waals surface area contributed by atoms with Crippen molar-refractivity contribution in [1.29, 1.82) is 0 Å². The van der Waals surface area contributed by atoms with Crippen molar-refractivity contribution in [3.05, 3.63) is 90.0 Å². The van der Waals surface area contributed by atoms with Crippen molar-refractivity contribution in [2.45, 2.75) is 31.6 Å². The number of carbonyl (C=O) groups excluding carboxylic acids is 1. The second kappa shape index (κ2) is 9.13. The summed E-state index contributed by atoms with van der Waals surface area (Å²) in [6.45, 7) is 6.18. The van der Waals surface area contributed by atoms with Crippen LogP contribution in [0.5, 0.6) is 0 Å². The number of anilines is 2. The molecule has 0 spiro atoms. The first kappa shape index (κ1) is 21.6. The van der Waals surface area contributed by atoms with Crippen molar-refractivity contribution in [1.82, 2.24) is 0 Å². The molecular formula is C24H26N2O3S. The van der Waals surface area contributed by atoms with Gasteiger partial charge in [0.05, 0.1) is 10.6 Å². The Morgan fingerprint density at radius 1 is 0.933 bits per heavy atom. The van der Waals surface area contributed by atoms with Crippen molar-refractivity contribution in [2.75, 3.05) is 16.2 Å². The molecule has 0 aliphatic rings. The van der Waals surface area contributed by atoms with Gasteiger partial charge in [0.2, 0.25) is 0 Å². The predicted octanol–water partition coefficient (Wildman–Crippen LogP) is 5.28. The minimum Gasteiger partial charge on any atom is -0.322 e. The fraction of sp³-hybridized carbons (Fsp3) is 0.208. The van der Waals surface area contributed by atoms with E-state index in [1.54, 1.807) is 43.3 Å². The van der Waals surface area contributed by atoms with Crippen LogP contribution < -0.4 is 9.62 Å². The Morgan fingerprint density at radius 2 is 1.60 bits per heavy atom. The van der Waals surface area contributed by atoms with Crippen molar-refractivity contribution in [3.63, 3.8) is 0 Å². The van der Waals surface area contributed by atoms with E-state index in [1.165, 1.54) is 16.4 Å². The van der Waals surface area contributed by atoms with Gasteiger partial charge in [-0.05, 0) is 54.8 Å². The van der Waals surface area contributed by atoms with Crippen LogP contribution in [0.1, 0.15) is 42.6 Å². The Bertz CT molecular complexity index is 1130. The maximum absolute atomic E-state index is 13.2. The maximum atomic E-state index is 13.2. The van der Waals surface area contributed by atoms with Crippen LogP contribution in [0.4, 0.5) is 11.4 Å². The Labute approximate surface area is 178 Å². The summed E-state index contributed by atoms with van der Waals surface area (Å²) < 4.78 is 27.8. The molecule has 5 nitrogen and oxygen atoms in total. The van der Waals surface area contributed by atoms with E-state index in [1.807, 2.05) is 30.3 Å². The molecule has 3 aromatic carbocycles. The first-order chi connectivity index (χ1) is 14.3. The first-order valence-electron chi connectivity index (χ1n) is 9.92. The van der Waals surface area contributed by atoms with Crippen LogP contribution >= 0.6 is 0 Å². The highest BCUT2D eigenvalue weighted by atomic mass is 32.2. The average Bonchev–Trinajstić information content (AvgIpc) is 2.75. The third-order valence-electron chi connectivity index (χ3n) is 4.85. The molecule has 0 atom stereocenters. The van der Waals surface area contributed by atoms with Crippen LogP contribution in [0, 0.1) is 0 Å². The number of sulfonamides is 1. The molecule has 156 valence electrons. The minimum absolute atomic E-state index is 0.0815. The summed E-state index contributed by atoms with van der Waals surface area (Å²) in [6, 6.07) is 22.7. The molecule has 0 heterocycles. The number of hydrogen-bond acceptors (Lipinski definition) is 3. The number of hydrogen-bond donors (Lipinski definition) is 1. The predicted molar refractivity (Wildman–Crippen MR) is 122 cm³/mol. The first-order valence-corrected chi connectivity index (χ1v) is 11.4. The lowest BCUT2D eigenvalue weighted by molar-refractivity contribution is 0.102. The SMILES string of the molecule is CCN(c1ccccc1)S(=O)(=O)c1cccc(C(=O)Nc2ccccc2C(C)C)c1. The quantitative estimate of drug-likeness (QED) is 0.563. The largest absolute Gasteiger partial charge is 0.322 e. The molecule has 3 aromatic rings. The molecule has 6 heteroatoms. The van der Waals surface area contributed by atoms with Crippen LogP contribution in [0.25, 0.3) is 0 Å². The highest BCUT2D eigenvalue weighted by molar-refractivity contribution is 7.92. The molecule has 3 rings (SSSR count). The van der Waals surface area contributed by atoms with Crippen molar-refractivity contribution in [2.24, 2.45) is 0 Å². The lowest BCUT2D eigenvalue weighted by Crippen LogP contribution is -2.31. The zero-order valence-corrected chi connectivity index (χ0v) is 18.2. The average molecular weight is 423 g/mol. The molecule has 1 N–H and O–H groups in total. The summed E-state index contributed by atoms with van der Waals surface area (Å²) in [5.74, 6) is -0.0971. The van der Waals surface area contributed by atoms with Crippen molar-refractivity contribution >= 4 is 27.3 Å². The number of benzene rings is 3. The molecular weight excluding hydrogens is 396 g/mol. The molecule has 0 radical (unpaired) electrons. The molecule has 0 bridgehead atoms. The molecule has 0 aromatic heterocycles. The Hall–Kier alpha value is -3.12. The minimum atomic E-state index is -3.80. The standard InChI is InChI=1S/C24H26N2O3S/c1-4-26(20-12-6-5-7-13-20)30(28,29)21-14-10-11-19(17-21)24(27)25-23-16-9-8-15-22(23)18(2)3/h5-18H,4H2,1-3H3,(H,25,27). The van der Waals surface area contributed by atoms with Gasteiger partial charge < -0.3 is 5.32 Å². The van der Waals surface area contributed by atoms with E-state index in [4.69, 9.17) is 0 Å². The number of nitrogens with one attached hydrogen (secondary N) is 1. The Morgan fingerprint density at radius 3 is 2.27 bits per heavy atom. The van der Waals surface area contributed by atoms with E-state index in [0.29, 0.717) is 11.3 Å². The van der Waals surface area contributed by atoms with Gasteiger partial charge in [-0.15, -0.1) is 0 Å². The van der Waals surface area contributed by atoms with Gasteiger partial charge in [0.1, 0.15) is 0 Å². The van der Waals surface area contributed by atoms with Gasteiger partial charge in [0.15, 0.2) is 0 Å². The van der Waals surface area contributed by atoms with E-state index in [2.05, 4.69) is 19.2 Å². The lowest BCUT2D eigenvalue weighted by atomic mass is 10.0. The molecule has 0 aliphatic heterocycles. The molecule has 0 aliphatic carbocycles. The molecule has 30 heavy (non-hydrogen) atoms. The lowest BCUT2D eigenvalue weighted by Gasteiger charge is -2.23. The van der Waals surface area contributed by atoms with Gasteiger partial charge in [-0.3, -0.25) is 9.10 Å². The van der Waals surface area contributed by atoms with Gasteiger partial charge in [-0.1, -0.05) is 56.3 Å². The van der Waals surface area contributed by atoms with Gasteiger partial charge in [-0.2, -0.15) is 0 Å². The Kier molecular flexibility index (Phi) is 6.57. The summed E-state index contributed by atoms with van der Waals surface area (Å²) in [6.07, 6.45) is 0. The van der Waals surface area contributed by atoms with E-state index in [0.717, 1.165) is 11.3 Å². The maximum Gasteiger partial charge on any atom is 0.264 e. The summed E-state index contributed by atoms with van der Waals surface area (Å²) in [4.78, 5) is 12.9. The van der Waals surface area contributed by atoms with E-state index < -0.39 is 10.0 Å². The van der Waals surface area contributed by atoms with Crippen molar-refractivity contribution < 1.29 is 13.2 Å². The van der Waals surface area contributed by atoms with Gasteiger partial charge in [0, 0.05) is 17.8 Å². The third kappa shape index (κ3) is 4.54. The van der Waals surface area contributed by atoms with E-state index in [9.17, 15) is 13.2 Å². The zero-order valence-electron chi connectivity index (χ0n) is 17.4. The van der Waals surface area contributed by atoms with Gasteiger partial charge in [-0.25, -0.2) is 8.42 Å². The number of amides is 1. The summed E-state index contributed by atoms with van der Waals surface area (Å²) in [7, 11) is -3.80. The van der Waals surface area contributed by atoms with Crippen LogP contribution in [0.15, 0.2) is 83.8 Å². The summed E-state index contributed by atoms with van der Waals surface area (Å²) >= 11 is 0. The number of para-hydroxylation sites is 2. The number of carbonyl (C=O) groups is 1. The van der Waals surface area contributed by atoms with E-state index >= 15 is 0 Å². The second-order valence-electron chi connectivity index (χ2n) is 7.23. The van der Waals surface area contributed by atoms with Gasteiger partial charge >= 0.3 is 0 Å². The van der Waals surface area contributed by atoms with Crippen LogP contribution in [0.3, 0.4) is 0 Å². The van der Waals surface area contributed by atoms with Crippen molar-refractivity contribution in [3.8, 4) is 0 Å². The smallest absolute Gasteiger partial charge is 0.264 e. The van der Waals surface area contributed by atoms with E-state index in [-0.39, 0.29) is 23.3 Å². The normalized spacial score (nSPS) is 11.3. The second-order valence-corrected chi connectivity index (χ2v) is 9.09. The monoisotopic (exact) mass is 422 g/mol. The highest BCUT2D eigenvalue weighted by Gasteiger charge is 2.24. The molecule has 1 amide bonds. The summed E-state index contributed by atoms with van der Waals surface area (Å²) in [5, 5.41) is 2.91. The Balaban J connectivity index is 1.91. The fourth-order valence-electron chi connectivity index (χ4n) is 3.32. The molecule has 0 unspecified atom stereocenters. The van der Waals surface area contributed by atoms with Crippen LogP contribution in [0.2, 0.25) is 0 Å². The molecule has 0 saturated heterocycles. The molecule has 0 saturated carbocycles. The molecule has 0 fully saturated rings. The topological polar surface area (TPSA) is 66.5 Å². The van der Waals surface area contributed by atoms with Crippen LogP contribution in [-0.2, 0) is 10.0 Å². The van der Waals surface area contributed by atoms with Crippen LogP contribution in [-0.4, -0.2) is 20.9 Å². The number of rotatable bonds is 7. The number of nitrogens with zero attached hydrogens (tertiary/aromatic N) is 1. The fourth-order valence-corrected chi connectivity index (χ4v) is 4.84. The summed E-state index contributed by atoms with van der Waals surface area (Å²) in [5.41, 5.74) is 2.63. The highest BCUT2D eigenvalue weighted by Crippen LogP contribution is 2.26. The zero-order chi connectivity index (χ0) is 21.7.